The Hall–Kier alpha value is -8.95. The lowest BCUT2D eigenvalue weighted by molar-refractivity contribution is -0.242. The number of anilines is 2. The first-order valence-corrected chi connectivity index (χ1v) is 32.8. The molecule has 8 N–H and O–H groups in total. The maximum absolute atomic E-state index is 14.5. The Balaban J connectivity index is 0.809. The number of azide groups is 1. The van der Waals surface area contributed by atoms with Gasteiger partial charge in [0.15, 0.2) is 35.5 Å². The molecule has 4 aromatic rings. The van der Waals surface area contributed by atoms with E-state index in [1.807, 2.05) is 0 Å². The number of aliphatic hydroxyl groups excluding tert-OH is 8. The predicted molar refractivity (Wildman–Crippen MR) is 351 cm³/mol. The van der Waals surface area contributed by atoms with Gasteiger partial charge in [-0.2, -0.15) is 0 Å². The number of ether oxygens (including phenoxy) is 10. The van der Waals surface area contributed by atoms with Crippen molar-refractivity contribution in [1.82, 2.24) is 9.80 Å². The fourth-order valence-electron chi connectivity index (χ4n) is 12.7. The van der Waals surface area contributed by atoms with Gasteiger partial charge in [0.25, 0.3) is 11.8 Å². The van der Waals surface area contributed by atoms with Crippen molar-refractivity contribution in [2.45, 2.75) is 158 Å². The van der Waals surface area contributed by atoms with E-state index < -0.39 is 123 Å². The summed E-state index contributed by atoms with van der Waals surface area (Å²) in [5.74, 6) is -1.30. The summed E-state index contributed by atoms with van der Waals surface area (Å²) in [6, 6.07) is 12.7. The molecule has 6 heterocycles. The van der Waals surface area contributed by atoms with Crippen molar-refractivity contribution < 1.29 is 117 Å². The van der Waals surface area contributed by atoms with Crippen molar-refractivity contribution in [3.63, 3.8) is 0 Å². The number of carbonyl (C=O) groups is 6. The Morgan fingerprint density at radius 3 is 1.55 bits per heavy atom. The molecule has 31 heteroatoms. The Labute approximate surface area is 574 Å². The number of aryl methyl sites for hydroxylation is 1. The quantitative estimate of drug-likeness (QED) is 0.00922. The predicted octanol–water partition coefficient (Wildman–Crippen LogP) is 5.03. The molecule has 0 spiro atoms. The van der Waals surface area contributed by atoms with Crippen LogP contribution in [0, 0.1) is 6.92 Å². The fourth-order valence-corrected chi connectivity index (χ4v) is 12.7. The zero-order valence-corrected chi connectivity index (χ0v) is 55.5. The highest BCUT2D eigenvalue weighted by molar-refractivity contribution is 6.07. The molecule has 6 aliphatic heterocycles. The molecule has 31 nitrogen and oxygen atoms in total. The molecule has 538 valence electrons. The molecule has 4 fully saturated rings. The lowest BCUT2D eigenvalue weighted by Crippen LogP contribution is -2.54. The first-order valence-electron chi connectivity index (χ1n) is 32.8. The van der Waals surface area contributed by atoms with Gasteiger partial charge in [-0.1, -0.05) is 41.6 Å². The number of amides is 4. The lowest BCUT2D eigenvalue weighted by atomic mass is 10.0. The van der Waals surface area contributed by atoms with Gasteiger partial charge in [-0.15, -0.1) is 0 Å². The molecule has 0 bridgehead atoms. The summed E-state index contributed by atoms with van der Waals surface area (Å²) in [6.07, 6.45) is -14.7. The summed E-state index contributed by atoms with van der Waals surface area (Å²) < 4.78 is 57.7. The van der Waals surface area contributed by atoms with E-state index in [1.54, 1.807) is 13.0 Å². The van der Waals surface area contributed by atoms with Crippen LogP contribution in [0.2, 0.25) is 0 Å². The van der Waals surface area contributed by atoms with Gasteiger partial charge in [0.2, 0.25) is 12.6 Å². The number of hydrogen-bond acceptors (Lipinski definition) is 25. The molecule has 12 atom stereocenters. The van der Waals surface area contributed by atoms with Gasteiger partial charge >= 0.3 is 12.2 Å². The second-order valence-electron chi connectivity index (χ2n) is 25.2. The highest BCUT2D eigenvalue weighted by atomic mass is 16.7. The van der Waals surface area contributed by atoms with Crippen LogP contribution in [-0.4, -0.2) is 227 Å². The Morgan fingerprint density at radius 1 is 0.580 bits per heavy atom. The summed E-state index contributed by atoms with van der Waals surface area (Å²) in [5, 5.41) is 89.4. The maximum Gasteiger partial charge on any atom is 0.416 e. The van der Waals surface area contributed by atoms with E-state index in [4.69, 9.17) is 52.9 Å². The average Bonchev–Trinajstić information content (AvgIpc) is 1.60. The van der Waals surface area contributed by atoms with E-state index in [0.717, 1.165) is 9.80 Å². The minimum absolute atomic E-state index is 0.00415. The van der Waals surface area contributed by atoms with Gasteiger partial charge < -0.3 is 98.0 Å². The number of nitrogens with zero attached hydrogens (tertiary/aromatic N) is 7. The Morgan fingerprint density at radius 2 is 1.06 bits per heavy atom. The molecule has 100 heavy (non-hydrogen) atoms. The summed E-state index contributed by atoms with van der Waals surface area (Å²) in [6.45, 7) is 9.10. The molecular formula is C69H83N7O24. The largest absolute Gasteiger partial charge is 0.493 e. The molecule has 4 amide bonds. The van der Waals surface area contributed by atoms with Gasteiger partial charge in [-0.05, 0) is 117 Å². The van der Waals surface area contributed by atoms with Crippen LogP contribution in [0.4, 0.5) is 21.0 Å². The van der Waals surface area contributed by atoms with Crippen molar-refractivity contribution in [2.75, 3.05) is 76.7 Å². The molecule has 10 rings (SSSR count). The fraction of sp³-hybridized carbons (Fsp3) is 0.507. The average molecular weight is 1390 g/mol. The SMILES string of the molecule is C=C1C[C@H]2C(O)N(C(=O)OCc3ccc(O[C@@H]4OC[C@@H](O)[C@H](O)[C@H]4O)c(C(=O)CCCCN=[N+]=[N-])c3)c3cc(OCCCCCOc4cc5c(cc4OC)C(=O)N4CC(=C)C[C@H]4C(O)N5C(=O)OCc4ccc(O[C@@H]5OC[C@@H](O)[C@H](O)[C@H]5O)c(C(=O)CCCOC)c4)c(C)cc3C(=O)N2C1. The van der Waals surface area contributed by atoms with E-state index in [1.165, 1.54) is 78.6 Å². The van der Waals surface area contributed by atoms with Crippen molar-refractivity contribution in [3.05, 3.63) is 134 Å². The van der Waals surface area contributed by atoms with Crippen LogP contribution in [0.15, 0.2) is 90.1 Å². The minimum atomic E-state index is -1.68. The van der Waals surface area contributed by atoms with Crippen LogP contribution in [0.3, 0.4) is 0 Å². The van der Waals surface area contributed by atoms with Crippen LogP contribution in [0.5, 0.6) is 28.7 Å². The first kappa shape index (κ1) is 73.8. The number of rotatable bonds is 28. The number of hydrogen-bond donors (Lipinski definition) is 8. The molecular weight excluding hydrogens is 1310 g/mol. The molecule has 0 aliphatic carbocycles. The molecule has 0 saturated carbocycles. The number of methoxy groups -OCH3 is 2. The van der Waals surface area contributed by atoms with Gasteiger partial charge in [0, 0.05) is 63.2 Å². The van der Waals surface area contributed by atoms with Gasteiger partial charge in [-0.3, -0.25) is 19.2 Å². The standard InChI is InChI=1S/C69H83N7O24/c1-36-22-47-64(87)75(68(89)97-32-39-14-16-53(99-66-60(83)58(81)51(79)34-95-66)43(25-39)49(77)12-7-8-18-71-72-70)45-28-55(38(3)24-41(45)62(85)73(47)30-36)93-20-9-6-10-21-94-57-29-46-42(27-56(57)92-5)63(86)74-31-37(2)23-48(74)65(88)76(46)69(90)98-33-40-15-17-54(44(26-40)50(78)13-11-19-91-4)100-67-61(84)59(82)52(80)35-96-67/h14-17,24-29,47-48,51-52,58-61,64-67,79-84,87-88H,1-2,6-13,18-23,30-35H2,3-5H3/t47-,48-,51+,52+,58-,59-,60+,61+,64?,65?,66-,67-/m0/s1. The second kappa shape index (κ2) is 33.0. The van der Waals surface area contributed by atoms with Crippen molar-refractivity contribution >= 4 is 46.9 Å². The number of fused-ring (bicyclic) bond motifs is 4. The summed E-state index contributed by atoms with van der Waals surface area (Å²) >= 11 is 0. The third-order valence-electron chi connectivity index (χ3n) is 18.1. The van der Waals surface area contributed by atoms with Crippen LogP contribution < -0.4 is 33.5 Å². The number of carbonyl (C=O) groups excluding carboxylic acids is 6. The van der Waals surface area contributed by atoms with Crippen LogP contribution >= 0.6 is 0 Å². The van der Waals surface area contributed by atoms with E-state index in [9.17, 15) is 69.6 Å². The van der Waals surface area contributed by atoms with Crippen LogP contribution in [0.1, 0.15) is 122 Å². The molecule has 0 aromatic heterocycles. The van der Waals surface area contributed by atoms with Gasteiger partial charge in [0.05, 0.1) is 79.2 Å². The smallest absolute Gasteiger partial charge is 0.416 e. The van der Waals surface area contributed by atoms with E-state index in [2.05, 4.69) is 23.2 Å². The third-order valence-corrected chi connectivity index (χ3v) is 18.1. The highest BCUT2D eigenvalue weighted by Gasteiger charge is 2.49. The summed E-state index contributed by atoms with van der Waals surface area (Å²) in [4.78, 5) is 92.6. The number of ketones is 2. The molecule has 0 radical (unpaired) electrons. The number of benzene rings is 4. The maximum atomic E-state index is 14.5. The zero-order valence-electron chi connectivity index (χ0n) is 55.5. The molecule has 2 unspecified atom stereocenters. The third kappa shape index (κ3) is 16.4. The summed E-state index contributed by atoms with van der Waals surface area (Å²) in [5.41, 5.74) is 11.2. The van der Waals surface area contributed by atoms with Crippen molar-refractivity contribution in [3.8, 4) is 28.7 Å². The molecule has 4 aromatic carbocycles. The second-order valence-corrected chi connectivity index (χ2v) is 25.2. The van der Waals surface area contributed by atoms with Crippen molar-refractivity contribution in [2.24, 2.45) is 5.11 Å². The monoisotopic (exact) mass is 1390 g/mol. The van der Waals surface area contributed by atoms with E-state index in [0.29, 0.717) is 72.1 Å². The minimum Gasteiger partial charge on any atom is -0.493 e. The van der Waals surface area contributed by atoms with Gasteiger partial charge in [-0.25, -0.2) is 19.4 Å². The van der Waals surface area contributed by atoms with Crippen LogP contribution in [-0.2, 0) is 36.9 Å². The van der Waals surface area contributed by atoms with Crippen molar-refractivity contribution in [1.29, 1.82) is 0 Å². The molecule has 6 aliphatic rings. The Bertz CT molecular complexity index is 3770. The normalized spacial score (nSPS) is 24.8. The van der Waals surface area contributed by atoms with Gasteiger partial charge in [0.1, 0.15) is 67.1 Å². The summed E-state index contributed by atoms with van der Waals surface area (Å²) in [7, 11) is 2.87. The van der Waals surface area contributed by atoms with E-state index >= 15 is 0 Å². The zero-order chi connectivity index (χ0) is 71.6. The first-order chi connectivity index (χ1) is 48.0. The van der Waals surface area contributed by atoms with E-state index in [-0.39, 0.29) is 135 Å². The number of Topliss-reactive ketones (excluding diaryl/α,β-unsaturated/α-hetero) is 2. The Kier molecular flexibility index (Phi) is 24.4. The number of aliphatic hydroxyl groups is 8. The highest BCUT2D eigenvalue weighted by Crippen LogP contribution is 2.44. The molecule has 4 saturated heterocycles. The topological polar surface area (TPSA) is 418 Å². The lowest BCUT2D eigenvalue weighted by Gasteiger charge is -2.35. The number of unbranched alkanes of at least 4 members (excludes halogenated alkanes) is 3. The van der Waals surface area contributed by atoms with Crippen LogP contribution in [0.25, 0.3) is 10.4 Å².